The van der Waals surface area contributed by atoms with Crippen LogP contribution in [0.15, 0.2) is 72.4 Å². The van der Waals surface area contributed by atoms with Crippen LogP contribution in [0.25, 0.3) is 22.2 Å². The van der Waals surface area contributed by atoms with E-state index in [1.807, 2.05) is 42.5 Å². The average molecular weight is 404 g/mol. The second-order valence-corrected chi connectivity index (χ2v) is 8.14. The number of carbonyl (C=O) groups excluding carboxylic acids is 1. The summed E-state index contributed by atoms with van der Waals surface area (Å²) in [6.45, 7) is 0.572. The zero-order valence-corrected chi connectivity index (χ0v) is 17.2. The minimum Gasteiger partial charge on any atom is -0.346 e. The summed E-state index contributed by atoms with van der Waals surface area (Å²) in [6.07, 6.45) is 3.47. The Kier molecular flexibility index (Phi) is 5.64. The number of aromatic nitrogens is 2. The number of rotatable bonds is 6. The summed E-state index contributed by atoms with van der Waals surface area (Å²) in [5, 5.41) is 6.07. The molecule has 0 bridgehead atoms. The lowest BCUT2D eigenvalue weighted by atomic mass is 10.0. The van der Waals surface area contributed by atoms with E-state index in [-0.39, 0.29) is 11.9 Å². The third-order valence-electron chi connectivity index (χ3n) is 4.99. The number of hydrogen-bond donors (Lipinski definition) is 2. The van der Waals surface area contributed by atoms with Gasteiger partial charge < -0.3 is 10.2 Å². The zero-order chi connectivity index (χ0) is 20.2. The fourth-order valence-corrected chi connectivity index (χ4v) is 4.36. The minimum absolute atomic E-state index is 0.0817. The Morgan fingerprint density at radius 2 is 1.90 bits per heavy atom. The first-order chi connectivity index (χ1) is 14.1. The molecule has 1 aromatic carbocycles. The van der Waals surface area contributed by atoms with Crippen LogP contribution in [0.3, 0.4) is 0 Å². The topological polar surface area (TPSA) is 59.3 Å². The van der Waals surface area contributed by atoms with Crippen molar-refractivity contribution >= 4 is 28.1 Å². The van der Waals surface area contributed by atoms with Crippen LogP contribution < -0.4 is 10.2 Å². The highest BCUT2D eigenvalue weighted by Gasteiger charge is 2.21. The van der Waals surface area contributed by atoms with E-state index in [0.29, 0.717) is 12.1 Å². The van der Waals surface area contributed by atoms with Gasteiger partial charge in [-0.15, -0.1) is 11.3 Å². The van der Waals surface area contributed by atoms with Crippen LogP contribution in [-0.2, 0) is 0 Å². The predicted molar refractivity (Wildman–Crippen MR) is 117 cm³/mol. The van der Waals surface area contributed by atoms with Crippen LogP contribution in [0.5, 0.6) is 0 Å². The maximum Gasteiger partial charge on any atom is 0.252 e. The van der Waals surface area contributed by atoms with Crippen molar-refractivity contribution in [1.29, 1.82) is 0 Å². The van der Waals surface area contributed by atoms with Gasteiger partial charge in [0.05, 0.1) is 42.3 Å². The van der Waals surface area contributed by atoms with Crippen molar-refractivity contribution < 1.29 is 9.69 Å². The van der Waals surface area contributed by atoms with E-state index >= 15 is 0 Å². The molecule has 0 fully saturated rings. The highest BCUT2D eigenvalue weighted by Crippen LogP contribution is 2.24. The first-order valence-corrected chi connectivity index (χ1v) is 10.4. The third kappa shape index (κ3) is 4.18. The molecule has 0 aliphatic heterocycles. The Hall–Kier alpha value is -3.09. The number of nitrogens with zero attached hydrogens (tertiary/aromatic N) is 2. The van der Waals surface area contributed by atoms with Crippen molar-refractivity contribution in [2.24, 2.45) is 0 Å². The van der Waals surface area contributed by atoms with E-state index in [9.17, 15) is 4.79 Å². The zero-order valence-electron chi connectivity index (χ0n) is 16.4. The van der Waals surface area contributed by atoms with Gasteiger partial charge in [-0.1, -0.05) is 24.3 Å². The number of hydrogen-bond acceptors (Lipinski definition) is 4. The molecule has 0 saturated carbocycles. The molecule has 6 heteroatoms. The molecular weight excluding hydrogens is 380 g/mol. The number of carbonyl (C=O) groups is 1. The summed E-state index contributed by atoms with van der Waals surface area (Å²) in [7, 11) is 4.22. The molecule has 3 aromatic heterocycles. The summed E-state index contributed by atoms with van der Waals surface area (Å²) in [5.74, 6) is -0.0817. The summed E-state index contributed by atoms with van der Waals surface area (Å²) in [6, 6.07) is 17.8. The Labute approximate surface area is 174 Å². The van der Waals surface area contributed by atoms with Crippen molar-refractivity contribution in [3.8, 4) is 11.3 Å². The van der Waals surface area contributed by atoms with Crippen LogP contribution in [0.1, 0.15) is 21.3 Å². The molecule has 0 radical (unpaired) electrons. The lowest BCUT2D eigenvalue weighted by Gasteiger charge is -2.21. The second-order valence-electron chi connectivity index (χ2n) is 7.16. The largest absolute Gasteiger partial charge is 0.346 e. The molecule has 0 spiro atoms. The normalized spacial score (nSPS) is 12.2. The van der Waals surface area contributed by atoms with E-state index in [0.717, 1.165) is 22.2 Å². The molecule has 146 valence electrons. The van der Waals surface area contributed by atoms with Crippen molar-refractivity contribution in [2.45, 2.75) is 6.04 Å². The highest BCUT2D eigenvalue weighted by molar-refractivity contribution is 7.10. The molecule has 1 atom stereocenters. The van der Waals surface area contributed by atoms with Gasteiger partial charge in [0.2, 0.25) is 0 Å². The Bertz CT molecular complexity index is 1110. The summed E-state index contributed by atoms with van der Waals surface area (Å²) >= 11 is 1.72. The lowest BCUT2D eigenvalue weighted by molar-refractivity contribution is -0.890. The minimum atomic E-state index is -0.0817. The molecule has 5 nitrogen and oxygen atoms in total. The van der Waals surface area contributed by atoms with Gasteiger partial charge in [0, 0.05) is 23.3 Å². The van der Waals surface area contributed by atoms with Gasteiger partial charge in [0.25, 0.3) is 5.91 Å². The first-order valence-electron chi connectivity index (χ1n) is 9.55. The van der Waals surface area contributed by atoms with E-state index in [2.05, 4.69) is 41.9 Å². The number of thiophene rings is 1. The number of fused-ring (bicyclic) bond motifs is 1. The molecule has 1 amide bonds. The second kappa shape index (κ2) is 8.51. The summed E-state index contributed by atoms with van der Waals surface area (Å²) < 4.78 is 0. The molecule has 0 unspecified atom stereocenters. The highest BCUT2D eigenvalue weighted by atomic mass is 32.1. The Morgan fingerprint density at radius 1 is 1.10 bits per heavy atom. The molecular formula is C23H23N4OS+. The maximum atomic E-state index is 13.2. The van der Waals surface area contributed by atoms with E-state index in [1.54, 1.807) is 23.7 Å². The standard InChI is InChI=1S/C23H22N4OS/c1-27(2)21(22-8-5-13-29-22)15-25-23(28)18-14-20(16-9-11-24-12-10-16)26-19-7-4-3-6-17(18)19/h3-14,21H,15H2,1-2H3,(H,25,28)/p+1/t21-/m0/s1. The molecule has 4 aromatic rings. The van der Waals surface area contributed by atoms with Crippen molar-refractivity contribution in [2.75, 3.05) is 20.6 Å². The number of nitrogens with one attached hydrogen (secondary N) is 2. The Balaban J connectivity index is 1.66. The number of pyridine rings is 2. The van der Waals surface area contributed by atoms with Crippen LogP contribution in [0, 0.1) is 0 Å². The molecule has 2 N–H and O–H groups in total. The molecule has 29 heavy (non-hydrogen) atoms. The average Bonchev–Trinajstić information content (AvgIpc) is 3.28. The molecule has 3 heterocycles. The van der Waals surface area contributed by atoms with Crippen LogP contribution >= 0.6 is 11.3 Å². The fourth-order valence-electron chi connectivity index (χ4n) is 3.40. The number of likely N-dealkylation sites (N-methyl/N-ethyl adjacent to an activating group) is 1. The SMILES string of the molecule is C[NH+](C)[C@@H](CNC(=O)c1cc(-c2ccncc2)nc2ccccc12)c1cccs1. The van der Waals surface area contributed by atoms with E-state index < -0.39 is 0 Å². The maximum absolute atomic E-state index is 13.2. The third-order valence-corrected chi connectivity index (χ3v) is 5.97. The fraction of sp³-hybridized carbons (Fsp3) is 0.174. The van der Waals surface area contributed by atoms with E-state index in [4.69, 9.17) is 4.98 Å². The van der Waals surface area contributed by atoms with Crippen molar-refractivity contribution in [3.63, 3.8) is 0 Å². The van der Waals surface area contributed by atoms with Crippen LogP contribution in [0.2, 0.25) is 0 Å². The van der Waals surface area contributed by atoms with Gasteiger partial charge in [-0.25, -0.2) is 4.98 Å². The van der Waals surface area contributed by atoms with Crippen LogP contribution in [0.4, 0.5) is 0 Å². The predicted octanol–water partition coefficient (Wildman–Crippen LogP) is 2.97. The van der Waals surface area contributed by atoms with Gasteiger partial charge in [0.15, 0.2) is 0 Å². The van der Waals surface area contributed by atoms with Crippen molar-refractivity contribution in [3.05, 3.63) is 82.8 Å². The first kappa shape index (κ1) is 19.2. The molecule has 0 aliphatic rings. The van der Waals surface area contributed by atoms with Crippen LogP contribution in [-0.4, -0.2) is 36.5 Å². The number of quaternary nitrogens is 1. The molecule has 0 aliphatic carbocycles. The van der Waals surface area contributed by atoms with Crippen molar-refractivity contribution in [1.82, 2.24) is 15.3 Å². The van der Waals surface area contributed by atoms with E-state index in [1.165, 1.54) is 9.78 Å². The monoisotopic (exact) mass is 403 g/mol. The quantitative estimate of drug-likeness (QED) is 0.520. The van der Waals surface area contributed by atoms with Gasteiger partial charge in [-0.2, -0.15) is 0 Å². The molecule has 0 saturated heterocycles. The summed E-state index contributed by atoms with van der Waals surface area (Å²) in [4.78, 5) is 24.5. The summed E-state index contributed by atoms with van der Waals surface area (Å²) in [5.41, 5.74) is 3.15. The van der Waals surface area contributed by atoms with Gasteiger partial charge >= 0.3 is 0 Å². The Morgan fingerprint density at radius 3 is 2.62 bits per heavy atom. The number of para-hydroxylation sites is 1. The number of amides is 1. The molecule has 4 rings (SSSR count). The van der Waals surface area contributed by atoms with Gasteiger partial charge in [-0.05, 0) is 35.7 Å². The van der Waals surface area contributed by atoms with Gasteiger partial charge in [0.1, 0.15) is 6.04 Å². The number of benzene rings is 1. The smallest absolute Gasteiger partial charge is 0.252 e. The van der Waals surface area contributed by atoms with Gasteiger partial charge in [-0.3, -0.25) is 9.78 Å². The lowest BCUT2D eigenvalue weighted by Crippen LogP contribution is -3.06.